The average molecular weight is 261 g/mol. The van der Waals surface area contributed by atoms with E-state index in [1.807, 2.05) is 0 Å². The number of nitrogens with two attached hydrogens (primary N) is 1. The second-order valence-electron chi connectivity index (χ2n) is 3.97. The van der Waals surface area contributed by atoms with Gasteiger partial charge in [0.2, 0.25) is 0 Å². The Morgan fingerprint density at radius 3 is 2.56 bits per heavy atom. The molecule has 3 nitrogen and oxygen atoms in total. The summed E-state index contributed by atoms with van der Waals surface area (Å²) in [6.45, 7) is 1.67. The van der Waals surface area contributed by atoms with Gasteiger partial charge in [-0.15, -0.1) is 0 Å². The van der Waals surface area contributed by atoms with E-state index in [0.717, 1.165) is 12.1 Å². The molecule has 100 valence electrons. The minimum absolute atomic E-state index is 0.0163. The van der Waals surface area contributed by atoms with Crippen LogP contribution < -0.4 is 5.73 Å². The molecular formula is C12H14F3NO2. The molecular weight excluding hydrogens is 247 g/mol. The number of carbonyl (C=O) groups excluding carboxylic acids is 1. The molecule has 18 heavy (non-hydrogen) atoms. The molecule has 1 aromatic carbocycles. The molecule has 0 aliphatic carbocycles. The monoisotopic (exact) mass is 261 g/mol. The van der Waals surface area contributed by atoms with Gasteiger partial charge in [0, 0.05) is 0 Å². The van der Waals surface area contributed by atoms with Crippen LogP contribution in [-0.2, 0) is 22.1 Å². The average Bonchev–Trinajstić information content (AvgIpc) is 2.29. The second-order valence-corrected chi connectivity index (χ2v) is 3.97. The van der Waals surface area contributed by atoms with Crippen LogP contribution in [0.3, 0.4) is 0 Å². The third-order valence-electron chi connectivity index (χ3n) is 2.62. The maximum Gasteiger partial charge on any atom is 0.416 e. The Morgan fingerprint density at radius 2 is 2.06 bits per heavy atom. The minimum Gasteiger partial charge on any atom is -0.468 e. The van der Waals surface area contributed by atoms with Crippen molar-refractivity contribution in [3.8, 4) is 0 Å². The van der Waals surface area contributed by atoms with Crippen LogP contribution in [0.1, 0.15) is 16.7 Å². The molecule has 0 saturated carbocycles. The maximum atomic E-state index is 12.5. The lowest BCUT2D eigenvalue weighted by molar-refractivity contribution is -0.142. The lowest BCUT2D eigenvalue weighted by atomic mass is 9.99. The number of esters is 1. The number of halogens is 3. The fourth-order valence-electron chi connectivity index (χ4n) is 1.54. The smallest absolute Gasteiger partial charge is 0.416 e. The van der Waals surface area contributed by atoms with Gasteiger partial charge in [-0.1, -0.05) is 6.07 Å². The highest BCUT2D eigenvalue weighted by Gasteiger charge is 2.31. The van der Waals surface area contributed by atoms with Crippen LogP contribution in [-0.4, -0.2) is 19.1 Å². The lowest BCUT2D eigenvalue weighted by Gasteiger charge is -2.14. The first-order chi connectivity index (χ1) is 8.25. The summed E-state index contributed by atoms with van der Waals surface area (Å²) in [7, 11) is 1.18. The first kappa shape index (κ1) is 14.5. The highest BCUT2D eigenvalue weighted by Crippen LogP contribution is 2.30. The van der Waals surface area contributed by atoms with Gasteiger partial charge in [-0.3, -0.25) is 4.79 Å². The zero-order valence-electron chi connectivity index (χ0n) is 10.0. The van der Waals surface area contributed by atoms with Crippen molar-refractivity contribution >= 4 is 5.97 Å². The van der Waals surface area contributed by atoms with E-state index in [0.29, 0.717) is 11.1 Å². The zero-order valence-corrected chi connectivity index (χ0v) is 10.0. The summed E-state index contributed by atoms with van der Waals surface area (Å²) in [4.78, 5) is 11.1. The molecule has 0 unspecified atom stereocenters. The van der Waals surface area contributed by atoms with E-state index >= 15 is 0 Å². The zero-order chi connectivity index (χ0) is 13.9. The summed E-state index contributed by atoms with van der Waals surface area (Å²) in [6, 6.07) is 2.42. The SMILES string of the molecule is COC(=O)[C@@H](N)Cc1cc(C(F)(F)F)ccc1C. The van der Waals surface area contributed by atoms with Crippen molar-refractivity contribution in [3.63, 3.8) is 0 Å². The fraction of sp³-hybridized carbons (Fsp3) is 0.417. The molecule has 0 aliphatic rings. The molecule has 0 amide bonds. The minimum atomic E-state index is -4.40. The van der Waals surface area contributed by atoms with Crippen molar-refractivity contribution < 1.29 is 22.7 Å². The number of rotatable bonds is 3. The summed E-state index contributed by atoms with van der Waals surface area (Å²) < 4.78 is 42.1. The first-order valence-electron chi connectivity index (χ1n) is 5.26. The number of ether oxygens (including phenoxy) is 1. The number of aryl methyl sites for hydroxylation is 1. The summed E-state index contributed by atoms with van der Waals surface area (Å²) in [5, 5.41) is 0. The normalized spacial score (nSPS) is 13.2. The number of hydrogen-bond acceptors (Lipinski definition) is 3. The van der Waals surface area contributed by atoms with Gasteiger partial charge in [0.1, 0.15) is 6.04 Å². The van der Waals surface area contributed by atoms with Gasteiger partial charge in [-0.05, 0) is 36.6 Å². The molecule has 0 radical (unpaired) electrons. The molecule has 0 fully saturated rings. The van der Waals surface area contributed by atoms with E-state index in [1.165, 1.54) is 13.2 Å². The van der Waals surface area contributed by atoms with Gasteiger partial charge in [-0.25, -0.2) is 0 Å². The number of benzene rings is 1. The van der Waals surface area contributed by atoms with Gasteiger partial charge in [0.15, 0.2) is 0 Å². The van der Waals surface area contributed by atoms with Gasteiger partial charge in [0.25, 0.3) is 0 Å². The van der Waals surface area contributed by atoms with E-state index in [2.05, 4.69) is 4.74 Å². The third-order valence-corrected chi connectivity index (χ3v) is 2.62. The molecule has 0 aromatic heterocycles. The van der Waals surface area contributed by atoms with Crippen LogP contribution >= 0.6 is 0 Å². The molecule has 0 aliphatic heterocycles. The lowest BCUT2D eigenvalue weighted by Crippen LogP contribution is -2.33. The number of alkyl halides is 3. The van der Waals surface area contributed by atoms with Crippen molar-refractivity contribution in [2.75, 3.05) is 7.11 Å². The summed E-state index contributed by atoms with van der Waals surface area (Å²) >= 11 is 0. The quantitative estimate of drug-likeness (QED) is 0.847. The summed E-state index contributed by atoms with van der Waals surface area (Å²) in [6.07, 6.45) is -4.39. The van der Waals surface area contributed by atoms with Gasteiger partial charge in [-0.2, -0.15) is 13.2 Å². The number of carbonyl (C=O) groups is 1. The Morgan fingerprint density at radius 1 is 1.44 bits per heavy atom. The van der Waals surface area contributed by atoms with Crippen molar-refractivity contribution in [1.29, 1.82) is 0 Å². The van der Waals surface area contributed by atoms with Gasteiger partial charge in [0.05, 0.1) is 12.7 Å². The largest absolute Gasteiger partial charge is 0.468 e. The topological polar surface area (TPSA) is 52.3 Å². The Labute approximate surface area is 103 Å². The standard InChI is InChI=1S/C12H14F3NO2/c1-7-3-4-9(12(13,14)15)5-8(7)6-10(16)11(17)18-2/h3-5,10H,6,16H2,1-2H3/t10-/m0/s1. The molecule has 0 saturated heterocycles. The van der Waals surface area contributed by atoms with Crippen LogP contribution in [0.4, 0.5) is 13.2 Å². The predicted octanol–water partition coefficient (Wildman–Crippen LogP) is 2.06. The van der Waals surface area contributed by atoms with Crippen LogP contribution in [0, 0.1) is 6.92 Å². The van der Waals surface area contributed by atoms with Crippen molar-refractivity contribution in [1.82, 2.24) is 0 Å². The van der Waals surface area contributed by atoms with E-state index in [-0.39, 0.29) is 6.42 Å². The number of hydrogen-bond donors (Lipinski definition) is 1. The summed E-state index contributed by atoms with van der Waals surface area (Å²) in [5.74, 6) is -0.646. The van der Waals surface area contributed by atoms with Crippen molar-refractivity contribution in [3.05, 3.63) is 34.9 Å². The van der Waals surface area contributed by atoms with Crippen LogP contribution in [0.2, 0.25) is 0 Å². The van der Waals surface area contributed by atoms with Crippen molar-refractivity contribution in [2.45, 2.75) is 25.6 Å². The predicted molar refractivity (Wildman–Crippen MR) is 59.9 cm³/mol. The van der Waals surface area contributed by atoms with Crippen LogP contribution in [0.15, 0.2) is 18.2 Å². The van der Waals surface area contributed by atoms with Crippen LogP contribution in [0.25, 0.3) is 0 Å². The molecule has 1 rings (SSSR count). The van der Waals surface area contributed by atoms with E-state index in [4.69, 9.17) is 5.73 Å². The second kappa shape index (κ2) is 5.39. The van der Waals surface area contributed by atoms with Gasteiger partial charge < -0.3 is 10.5 Å². The third kappa shape index (κ3) is 3.46. The van der Waals surface area contributed by atoms with E-state index < -0.39 is 23.8 Å². The molecule has 6 heteroatoms. The maximum absolute atomic E-state index is 12.5. The molecule has 0 heterocycles. The highest BCUT2D eigenvalue weighted by atomic mass is 19.4. The molecule has 1 atom stereocenters. The first-order valence-corrected chi connectivity index (χ1v) is 5.26. The van der Waals surface area contributed by atoms with E-state index in [9.17, 15) is 18.0 Å². The number of methoxy groups -OCH3 is 1. The molecule has 2 N–H and O–H groups in total. The Kier molecular flexibility index (Phi) is 4.34. The van der Waals surface area contributed by atoms with Gasteiger partial charge >= 0.3 is 12.1 Å². The van der Waals surface area contributed by atoms with E-state index in [1.54, 1.807) is 6.92 Å². The highest BCUT2D eigenvalue weighted by molar-refractivity contribution is 5.75. The molecule has 1 aromatic rings. The Hall–Kier alpha value is -1.56. The summed E-state index contributed by atoms with van der Waals surface area (Å²) in [5.41, 5.74) is 5.83. The fourth-order valence-corrected chi connectivity index (χ4v) is 1.54. The Balaban J connectivity index is 2.98. The molecule has 0 spiro atoms. The van der Waals surface area contributed by atoms with Crippen LogP contribution in [0.5, 0.6) is 0 Å². The van der Waals surface area contributed by atoms with Crippen molar-refractivity contribution in [2.24, 2.45) is 5.73 Å². The molecule has 0 bridgehead atoms. The Bertz CT molecular complexity index is 443.